The van der Waals surface area contributed by atoms with Crippen LogP contribution in [0.1, 0.15) is 43.8 Å². The van der Waals surface area contributed by atoms with E-state index in [0.717, 1.165) is 64.0 Å². The van der Waals surface area contributed by atoms with Gasteiger partial charge in [0.05, 0.1) is 6.61 Å². The van der Waals surface area contributed by atoms with E-state index in [1.54, 1.807) is 0 Å². The molecule has 0 radical (unpaired) electrons. The van der Waals surface area contributed by atoms with Crippen molar-refractivity contribution in [1.29, 1.82) is 0 Å². The molecule has 4 rings (SSSR count). The number of rotatable bonds is 3. The number of nitrogens with zero attached hydrogens (tertiary/aromatic N) is 5. The number of likely N-dealkylation sites (tertiary alicyclic amines) is 1. The van der Waals surface area contributed by atoms with E-state index in [0.29, 0.717) is 5.41 Å². The molecular formula is C18H30N6O. The van der Waals surface area contributed by atoms with Crippen LogP contribution in [0.5, 0.6) is 0 Å². The normalized spacial score (nSPS) is 26.9. The van der Waals surface area contributed by atoms with Gasteiger partial charge in [0, 0.05) is 58.1 Å². The summed E-state index contributed by atoms with van der Waals surface area (Å²) in [5.74, 6) is 3.29. The number of hydrogen-bond donors (Lipinski definition) is 1. The molecule has 2 fully saturated rings. The Kier molecular flexibility index (Phi) is 4.92. The average molecular weight is 346 g/mol. The molecule has 1 unspecified atom stereocenters. The van der Waals surface area contributed by atoms with Gasteiger partial charge >= 0.3 is 0 Å². The van der Waals surface area contributed by atoms with Gasteiger partial charge in [0.25, 0.3) is 0 Å². The first-order valence-corrected chi connectivity index (χ1v) is 9.74. The molecule has 1 spiro atoms. The second-order valence-corrected chi connectivity index (χ2v) is 7.69. The fourth-order valence-corrected chi connectivity index (χ4v) is 4.44. The van der Waals surface area contributed by atoms with E-state index in [4.69, 9.17) is 4.74 Å². The summed E-state index contributed by atoms with van der Waals surface area (Å²) in [5.41, 5.74) is 0.363. The fraction of sp³-hybridized carbons (Fsp3) is 0.833. The lowest BCUT2D eigenvalue weighted by molar-refractivity contribution is 0.156. The van der Waals surface area contributed by atoms with Crippen molar-refractivity contribution in [2.45, 2.75) is 51.5 Å². The van der Waals surface area contributed by atoms with Crippen LogP contribution in [-0.2, 0) is 24.1 Å². The summed E-state index contributed by atoms with van der Waals surface area (Å²) in [6.45, 7) is 5.88. The molecule has 3 aliphatic heterocycles. The van der Waals surface area contributed by atoms with E-state index in [2.05, 4.69) is 30.0 Å². The highest BCUT2D eigenvalue weighted by Gasteiger charge is 2.42. The third kappa shape index (κ3) is 3.52. The molecule has 0 aromatic carbocycles. The van der Waals surface area contributed by atoms with Crippen molar-refractivity contribution >= 4 is 5.96 Å². The van der Waals surface area contributed by atoms with Crippen LogP contribution in [0.15, 0.2) is 4.99 Å². The Morgan fingerprint density at radius 2 is 2.20 bits per heavy atom. The first kappa shape index (κ1) is 16.8. The zero-order chi connectivity index (χ0) is 17.1. The highest BCUT2D eigenvalue weighted by atomic mass is 16.5. The van der Waals surface area contributed by atoms with Gasteiger partial charge in [-0.25, -0.2) is 0 Å². The Bertz CT molecular complexity index is 619. The number of fused-ring (bicyclic) bond motifs is 1. The summed E-state index contributed by atoms with van der Waals surface area (Å²) in [6.07, 6.45) is 8.15. The zero-order valence-electron chi connectivity index (χ0n) is 15.3. The smallest absolute Gasteiger partial charge is 0.193 e. The Morgan fingerprint density at radius 3 is 3.04 bits per heavy atom. The molecule has 0 amide bonds. The van der Waals surface area contributed by atoms with E-state index in [-0.39, 0.29) is 0 Å². The van der Waals surface area contributed by atoms with Crippen LogP contribution < -0.4 is 5.32 Å². The van der Waals surface area contributed by atoms with Gasteiger partial charge in [0.15, 0.2) is 5.96 Å². The number of aryl methyl sites for hydroxylation is 1. The zero-order valence-corrected chi connectivity index (χ0v) is 15.3. The predicted molar refractivity (Wildman–Crippen MR) is 96.7 cm³/mol. The van der Waals surface area contributed by atoms with Crippen molar-refractivity contribution in [1.82, 2.24) is 25.0 Å². The van der Waals surface area contributed by atoms with Crippen LogP contribution in [0.3, 0.4) is 0 Å². The summed E-state index contributed by atoms with van der Waals surface area (Å²) in [6, 6.07) is 0. The highest BCUT2D eigenvalue weighted by Crippen LogP contribution is 2.38. The summed E-state index contributed by atoms with van der Waals surface area (Å²) >= 11 is 0. The van der Waals surface area contributed by atoms with Gasteiger partial charge in [0.2, 0.25) is 0 Å². The molecule has 0 aliphatic carbocycles. The molecule has 2 saturated heterocycles. The molecule has 0 bridgehead atoms. The minimum absolute atomic E-state index is 0.363. The molecule has 7 heteroatoms. The van der Waals surface area contributed by atoms with Crippen molar-refractivity contribution in [3.8, 4) is 0 Å². The van der Waals surface area contributed by atoms with Gasteiger partial charge in [-0.2, -0.15) is 0 Å². The lowest BCUT2D eigenvalue weighted by Gasteiger charge is -2.24. The monoisotopic (exact) mass is 346 g/mol. The Hall–Kier alpha value is -1.63. The Morgan fingerprint density at radius 1 is 1.24 bits per heavy atom. The molecule has 25 heavy (non-hydrogen) atoms. The third-order valence-electron chi connectivity index (χ3n) is 5.95. The van der Waals surface area contributed by atoms with Crippen molar-refractivity contribution in [2.24, 2.45) is 10.4 Å². The minimum Gasteiger partial charge on any atom is -0.381 e. The van der Waals surface area contributed by atoms with Crippen LogP contribution in [-0.4, -0.2) is 65.5 Å². The lowest BCUT2D eigenvalue weighted by Crippen LogP contribution is -2.42. The number of ether oxygens (including phenoxy) is 1. The summed E-state index contributed by atoms with van der Waals surface area (Å²) in [5, 5.41) is 12.3. The van der Waals surface area contributed by atoms with Gasteiger partial charge < -0.3 is 19.5 Å². The summed E-state index contributed by atoms with van der Waals surface area (Å²) < 4.78 is 7.96. The van der Waals surface area contributed by atoms with Crippen LogP contribution in [0.4, 0.5) is 0 Å². The van der Waals surface area contributed by atoms with E-state index >= 15 is 0 Å². The van der Waals surface area contributed by atoms with Crippen molar-refractivity contribution < 1.29 is 4.74 Å². The molecule has 1 N–H and O–H groups in total. The number of nitrogens with one attached hydrogen (secondary N) is 1. The summed E-state index contributed by atoms with van der Waals surface area (Å²) in [7, 11) is 1.88. The number of hydrogen-bond acceptors (Lipinski definition) is 4. The molecule has 3 aliphatic rings. The van der Waals surface area contributed by atoms with Crippen LogP contribution >= 0.6 is 0 Å². The van der Waals surface area contributed by atoms with Crippen molar-refractivity contribution in [3.05, 3.63) is 11.6 Å². The van der Waals surface area contributed by atoms with Gasteiger partial charge in [-0.1, -0.05) is 6.42 Å². The van der Waals surface area contributed by atoms with Crippen LogP contribution in [0, 0.1) is 5.41 Å². The Labute approximate surface area is 149 Å². The second kappa shape index (κ2) is 7.32. The SMILES string of the molecule is CN=C(NCCc1nnc2n1CCCCC2)N1CCC2(CCOC2)C1. The maximum atomic E-state index is 5.63. The molecule has 1 atom stereocenters. The molecule has 138 valence electrons. The number of aromatic nitrogens is 3. The first-order chi connectivity index (χ1) is 12.3. The predicted octanol–water partition coefficient (Wildman–Crippen LogP) is 1.23. The van der Waals surface area contributed by atoms with Gasteiger partial charge in [0.1, 0.15) is 11.6 Å². The van der Waals surface area contributed by atoms with E-state index in [9.17, 15) is 0 Å². The third-order valence-corrected chi connectivity index (χ3v) is 5.95. The largest absolute Gasteiger partial charge is 0.381 e. The van der Waals surface area contributed by atoms with Crippen molar-refractivity contribution in [3.63, 3.8) is 0 Å². The molecule has 1 aromatic rings. The van der Waals surface area contributed by atoms with E-state index in [1.165, 1.54) is 37.9 Å². The van der Waals surface area contributed by atoms with Crippen molar-refractivity contribution in [2.75, 3.05) is 39.9 Å². The molecular weight excluding hydrogens is 316 g/mol. The number of aliphatic imine (C=N–C) groups is 1. The second-order valence-electron chi connectivity index (χ2n) is 7.69. The molecule has 1 aromatic heterocycles. The van der Waals surface area contributed by atoms with E-state index in [1.807, 2.05) is 7.05 Å². The van der Waals surface area contributed by atoms with E-state index < -0.39 is 0 Å². The fourth-order valence-electron chi connectivity index (χ4n) is 4.44. The standard InChI is InChI=1S/C18H30N6O/c1-19-17(23-11-7-18(13-23)8-12-25-14-18)20-9-6-16-22-21-15-5-3-2-4-10-24(15)16/h2-14H2,1H3,(H,19,20). The minimum atomic E-state index is 0.363. The molecule has 7 nitrogen and oxygen atoms in total. The first-order valence-electron chi connectivity index (χ1n) is 9.74. The van der Waals surface area contributed by atoms with Crippen LogP contribution in [0.25, 0.3) is 0 Å². The number of guanidine groups is 1. The van der Waals surface area contributed by atoms with Gasteiger partial charge in [-0.05, 0) is 25.7 Å². The van der Waals surface area contributed by atoms with Crippen LogP contribution in [0.2, 0.25) is 0 Å². The Balaban J connectivity index is 1.31. The maximum Gasteiger partial charge on any atom is 0.193 e. The average Bonchev–Trinajstić information content (AvgIpc) is 3.31. The highest BCUT2D eigenvalue weighted by molar-refractivity contribution is 5.80. The topological polar surface area (TPSA) is 67.6 Å². The lowest BCUT2D eigenvalue weighted by atomic mass is 9.87. The maximum absolute atomic E-state index is 5.63. The van der Waals surface area contributed by atoms with Gasteiger partial charge in [-0.3, -0.25) is 4.99 Å². The summed E-state index contributed by atoms with van der Waals surface area (Å²) in [4.78, 5) is 6.88. The molecule has 4 heterocycles. The molecule has 0 saturated carbocycles. The quantitative estimate of drug-likeness (QED) is 0.659. The van der Waals surface area contributed by atoms with Gasteiger partial charge in [-0.15, -0.1) is 10.2 Å².